The fourth-order valence-corrected chi connectivity index (χ4v) is 5.60. The Labute approximate surface area is 217 Å². The minimum atomic E-state index is -0.603. The average Bonchev–Trinajstić information content (AvgIpc) is 3.35. The van der Waals surface area contributed by atoms with Gasteiger partial charge in [0.25, 0.3) is 11.1 Å². The molecule has 0 saturated carbocycles. The van der Waals surface area contributed by atoms with E-state index in [1.807, 2.05) is 54.6 Å². The smallest absolute Gasteiger partial charge is 0.278 e. The number of rotatable bonds is 8. The molecule has 5 rings (SSSR count). The van der Waals surface area contributed by atoms with Crippen LogP contribution in [0.25, 0.3) is 0 Å². The van der Waals surface area contributed by atoms with E-state index < -0.39 is 4.75 Å². The van der Waals surface area contributed by atoms with Gasteiger partial charge in [-0.15, -0.1) is 10.2 Å². The molecule has 0 aliphatic heterocycles. The molecule has 0 aliphatic rings. The minimum Gasteiger partial charge on any atom is -0.482 e. The zero-order valence-electron chi connectivity index (χ0n) is 18.5. The quantitative estimate of drug-likeness (QED) is 0.153. The van der Waals surface area contributed by atoms with E-state index >= 15 is 0 Å². The number of halogens is 2. The molecule has 5 aromatic rings. The zero-order chi connectivity index (χ0) is 24.1. The molecule has 0 saturated heterocycles. The van der Waals surface area contributed by atoms with Gasteiger partial charge < -0.3 is 9.15 Å². The van der Waals surface area contributed by atoms with E-state index in [0.29, 0.717) is 26.9 Å². The fourth-order valence-electron chi connectivity index (χ4n) is 3.90. The summed E-state index contributed by atoms with van der Waals surface area (Å²) in [5.74, 6) is 0.845. The van der Waals surface area contributed by atoms with E-state index in [9.17, 15) is 0 Å². The van der Waals surface area contributed by atoms with Gasteiger partial charge in [0.05, 0.1) is 5.02 Å². The summed E-state index contributed by atoms with van der Waals surface area (Å²) < 4.78 is 11.2. The molecular weight excluding hydrogens is 499 g/mol. The molecule has 0 fully saturated rings. The standard InChI is InChI=1S/C28H20Cl2N2O2S/c29-23-16-17-25(24(30)18-23)33-19-26-31-32-27(34-26)35-28(20-10-4-1-5-11-20,21-12-6-2-7-13-21)22-14-8-3-9-15-22/h1-18H,19H2. The first-order valence-electron chi connectivity index (χ1n) is 10.9. The number of benzene rings is 4. The molecule has 35 heavy (non-hydrogen) atoms. The van der Waals surface area contributed by atoms with Crippen molar-refractivity contribution in [3.05, 3.63) is 142 Å². The number of ether oxygens (including phenoxy) is 1. The Morgan fingerprint density at radius 1 is 0.714 bits per heavy atom. The van der Waals surface area contributed by atoms with Crippen LogP contribution in [0.3, 0.4) is 0 Å². The topological polar surface area (TPSA) is 48.2 Å². The maximum absolute atomic E-state index is 6.21. The Morgan fingerprint density at radius 2 is 1.26 bits per heavy atom. The van der Waals surface area contributed by atoms with Gasteiger partial charge in [-0.2, -0.15) is 0 Å². The van der Waals surface area contributed by atoms with Gasteiger partial charge in [-0.1, -0.05) is 114 Å². The number of nitrogens with zero attached hydrogens (tertiary/aromatic N) is 2. The summed E-state index contributed by atoms with van der Waals surface area (Å²) in [6, 6.07) is 36.1. The highest BCUT2D eigenvalue weighted by Crippen LogP contribution is 2.51. The Balaban J connectivity index is 1.51. The van der Waals surface area contributed by atoms with Crippen LogP contribution in [0.1, 0.15) is 22.6 Å². The van der Waals surface area contributed by atoms with E-state index in [4.69, 9.17) is 32.4 Å². The predicted octanol–water partition coefficient (Wildman–Crippen LogP) is 8.04. The van der Waals surface area contributed by atoms with E-state index in [2.05, 4.69) is 46.6 Å². The van der Waals surface area contributed by atoms with Crippen LogP contribution in [0.4, 0.5) is 0 Å². The normalized spacial score (nSPS) is 11.4. The van der Waals surface area contributed by atoms with Crippen LogP contribution in [-0.4, -0.2) is 10.2 Å². The summed E-state index contributed by atoms with van der Waals surface area (Å²) in [5, 5.41) is 9.94. The number of hydrogen-bond acceptors (Lipinski definition) is 5. The Hall–Kier alpha value is -3.25. The second-order valence-corrected chi connectivity index (χ2v) is 9.72. The molecular formula is C28H20Cl2N2O2S. The molecule has 0 spiro atoms. The van der Waals surface area contributed by atoms with Gasteiger partial charge in [-0.3, -0.25) is 0 Å². The van der Waals surface area contributed by atoms with Crippen molar-refractivity contribution in [3.63, 3.8) is 0 Å². The molecule has 0 radical (unpaired) electrons. The van der Waals surface area contributed by atoms with Gasteiger partial charge in [-0.25, -0.2) is 0 Å². The molecule has 4 aromatic carbocycles. The van der Waals surface area contributed by atoms with Crippen molar-refractivity contribution < 1.29 is 9.15 Å². The highest BCUT2D eigenvalue weighted by Gasteiger charge is 2.39. The third-order valence-corrected chi connectivity index (χ3v) is 7.36. The first-order valence-corrected chi connectivity index (χ1v) is 12.5. The summed E-state index contributed by atoms with van der Waals surface area (Å²) in [6.07, 6.45) is 0. The first-order chi connectivity index (χ1) is 17.1. The number of hydrogen-bond donors (Lipinski definition) is 0. The van der Waals surface area contributed by atoms with Crippen molar-refractivity contribution in [2.24, 2.45) is 0 Å². The SMILES string of the molecule is Clc1ccc(OCc2nnc(SC(c3ccccc3)(c3ccccc3)c3ccccc3)o2)c(Cl)c1. The van der Waals surface area contributed by atoms with Gasteiger partial charge in [0.2, 0.25) is 0 Å². The molecule has 0 aliphatic carbocycles. The lowest BCUT2D eigenvalue weighted by Crippen LogP contribution is -2.25. The summed E-state index contributed by atoms with van der Waals surface area (Å²) in [6.45, 7) is 0.0872. The summed E-state index contributed by atoms with van der Waals surface area (Å²) in [7, 11) is 0. The van der Waals surface area contributed by atoms with E-state index in [1.54, 1.807) is 18.2 Å². The van der Waals surface area contributed by atoms with E-state index in [1.165, 1.54) is 11.8 Å². The largest absolute Gasteiger partial charge is 0.482 e. The van der Waals surface area contributed by atoms with Crippen molar-refractivity contribution in [1.29, 1.82) is 0 Å². The zero-order valence-corrected chi connectivity index (χ0v) is 20.8. The first kappa shape index (κ1) is 23.5. The lowest BCUT2D eigenvalue weighted by atomic mass is 9.84. The number of aromatic nitrogens is 2. The molecule has 7 heteroatoms. The summed E-state index contributed by atoms with van der Waals surface area (Å²) in [4.78, 5) is 0. The van der Waals surface area contributed by atoms with Gasteiger partial charge in [-0.05, 0) is 46.7 Å². The van der Waals surface area contributed by atoms with Crippen molar-refractivity contribution in [3.8, 4) is 5.75 Å². The third-order valence-electron chi connectivity index (χ3n) is 5.47. The highest BCUT2D eigenvalue weighted by molar-refractivity contribution is 8.00. The predicted molar refractivity (Wildman–Crippen MR) is 140 cm³/mol. The fraction of sp³-hybridized carbons (Fsp3) is 0.0714. The molecule has 0 bridgehead atoms. The van der Waals surface area contributed by atoms with Crippen LogP contribution >= 0.6 is 35.0 Å². The van der Waals surface area contributed by atoms with E-state index in [-0.39, 0.29) is 6.61 Å². The molecule has 174 valence electrons. The average molecular weight is 519 g/mol. The van der Waals surface area contributed by atoms with Crippen molar-refractivity contribution in [2.45, 2.75) is 16.6 Å². The lowest BCUT2D eigenvalue weighted by Gasteiger charge is -2.33. The van der Waals surface area contributed by atoms with Gasteiger partial charge in [0.15, 0.2) is 6.61 Å². The Kier molecular flexibility index (Phi) is 7.09. The molecule has 1 aromatic heterocycles. The summed E-state index contributed by atoms with van der Waals surface area (Å²) in [5.41, 5.74) is 3.31. The van der Waals surface area contributed by atoms with Crippen molar-refractivity contribution in [2.75, 3.05) is 0 Å². The minimum absolute atomic E-state index is 0.0872. The monoisotopic (exact) mass is 518 g/mol. The molecule has 0 unspecified atom stereocenters. The Morgan fingerprint density at radius 3 is 1.77 bits per heavy atom. The maximum Gasteiger partial charge on any atom is 0.278 e. The van der Waals surface area contributed by atoms with Crippen LogP contribution in [0.2, 0.25) is 10.0 Å². The summed E-state index contributed by atoms with van der Waals surface area (Å²) >= 11 is 13.7. The maximum atomic E-state index is 6.21. The molecule has 0 N–H and O–H groups in total. The van der Waals surface area contributed by atoms with Crippen LogP contribution < -0.4 is 4.74 Å². The van der Waals surface area contributed by atoms with Crippen LogP contribution in [0, 0.1) is 0 Å². The van der Waals surface area contributed by atoms with E-state index in [0.717, 1.165) is 16.7 Å². The molecule has 1 heterocycles. The second kappa shape index (κ2) is 10.6. The molecule has 0 atom stereocenters. The van der Waals surface area contributed by atoms with Crippen LogP contribution in [-0.2, 0) is 11.4 Å². The lowest BCUT2D eigenvalue weighted by molar-refractivity contribution is 0.252. The van der Waals surface area contributed by atoms with Crippen molar-refractivity contribution >= 4 is 35.0 Å². The number of thioether (sulfide) groups is 1. The Bertz CT molecular complexity index is 1300. The molecule has 0 amide bonds. The second-order valence-electron chi connectivity index (χ2n) is 7.71. The molecule has 4 nitrogen and oxygen atoms in total. The van der Waals surface area contributed by atoms with Gasteiger partial charge in [0, 0.05) is 5.02 Å². The van der Waals surface area contributed by atoms with Crippen molar-refractivity contribution in [1.82, 2.24) is 10.2 Å². The van der Waals surface area contributed by atoms with Gasteiger partial charge in [0.1, 0.15) is 10.5 Å². The highest BCUT2D eigenvalue weighted by atomic mass is 35.5. The van der Waals surface area contributed by atoms with Crippen LogP contribution in [0.15, 0.2) is 119 Å². The van der Waals surface area contributed by atoms with Crippen LogP contribution in [0.5, 0.6) is 5.75 Å². The van der Waals surface area contributed by atoms with Gasteiger partial charge >= 0.3 is 0 Å². The third kappa shape index (κ3) is 5.08.